The van der Waals surface area contributed by atoms with Crippen molar-refractivity contribution in [3.63, 3.8) is 0 Å². The van der Waals surface area contributed by atoms with E-state index in [0.29, 0.717) is 0 Å². The Morgan fingerprint density at radius 1 is 1.56 bits per heavy atom. The molecule has 0 aliphatic rings. The maximum absolute atomic E-state index is 10.6. The normalized spacial score (nSPS) is 9.33. The molecular weight excluding hydrogens is 120 g/mol. The molecule has 9 heavy (non-hydrogen) atoms. The Labute approximate surface area is 50.7 Å². The van der Waals surface area contributed by atoms with E-state index >= 15 is 0 Å². The minimum atomic E-state index is -0.355. The van der Waals surface area contributed by atoms with Crippen LogP contribution in [0.3, 0.4) is 0 Å². The van der Waals surface area contributed by atoms with E-state index in [2.05, 4.69) is 10.2 Å². The maximum atomic E-state index is 10.6. The quantitative estimate of drug-likeness (QED) is 0.412. The van der Waals surface area contributed by atoms with Crippen LogP contribution in [0.15, 0.2) is 10.9 Å². The highest BCUT2D eigenvalue weighted by Gasteiger charge is 1.92. The van der Waals surface area contributed by atoms with Gasteiger partial charge in [0.2, 0.25) is 5.43 Å². The zero-order valence-corrected chi connectivity index (χ0v) is 4.59. The largest absolute Gasteiger partial charge is 0.384 e. The van der Waals surface area contributed by atoms with E-state index < -0.39 is 0 Å². The summed E-state index contributed by atoms with van der Waals surface area (Å²) in [5.41, 5.74) is 9.88. The van der Waals surface area contributed by atoms with Crippen LogP contribution in [0.25, 0.3) is 0 Å². The van der Waals surface area contributed by atoms with Gasteiger partial charge in [-0.05, 0) is 0 Å². The van der Waals surface area contributed by atoms with Gasteiger partial charge in [0.15, 0.2) is 5.82 Å². The number of aromatic amines is 1. The number of nitrogens with zero attached hydrogens (tertiary/aromatic N) is 1. The van der Waals surface area contributed by atoms with Crippen LogP contribution in [0, 0.1) is 0 Å². The molecule has 0 spiro atoms. The van der Waals surface area contributed by atoms with Crippen LogP contribution in [-0.2, 0) is 0 Å². The van der Waals surface area contributed by atoms with Crippen LogP contribution in [-0.4, -0.2) is 10.2 Å². The summed E-state index contributed by atoms with van der Waals surface area (Å²) in [4.78, 5) is 10.6. The van der Waals surface area contributed by atoms with E-state index in [1.54, 1.807) is 0 Å². The SMILES string of the molecule is Nc1cc(=O)c(N)n[nH]1. The fraction of sp³-hybridized carbons (Fsp3) is 0. The molecule has 5 heteroatoms. The highest BCUT2D eigenvalue weighted by Crippen LogP contribution is 1.87. The minimum absolute atomic E-state index is 0.0656. The second-order valence-corrected chi connectivity index (χ2v) is 1.57. The van der Waals surface area contributed by atoms with E-state index in [9.17, 15) is 4.79 Å². The van der Waals surface area contributed by atoms with Gasteiger partial charge in [-0.1, -0.05) is 0 Å². The van der Waals surface area contributed by atoms with Crippen LogP contribution < -0.4 is 16.9 Å². The number of aromatic nitrogens is 2. The highest BCUT2D eigenvalue weighted by atomic mass is 16.1. The third kappa shape index (κ3) is 0.987. The average Bonchev–Trinajstić information content (AvgIpc) is 1.80. The first-order chi connectivity index (χ1) is 4.20. The summed E-state index contributed by atoms with van der Waals surface area (Å²) in [5.74, 6) is 0.151. The molecule has 1 aromatic heterocycles. The Balaban J connectivity index is 3.34. The lowest BCUT2D eigenvalue weighted by Crippen LogP contribution is -2.11. The molecule has 5 N–H and O–H groups in total. The number of hydrogen-bond donors (Lipinski definition) is 3. The van der Waals surface area contributed by atoms with Gasteiger partial charge in [-0.15, -0.1) is 0 Å². The standard InChI is InChI=1S/C4H6N4O/c5-3-1-2(9)4(6)8-7-3/h1H,(H2,6,8)(H3,5,7,9). The summed E-state index contributed by atoms with van der Waals surface area (Å²) < 4.78 is 0. The van der Waals surface area contributed by atoms with E-state index in [1.165, 1.54) is 6.07 Å². The van der Waals surface area contributed by atoms with Crippen LogP contribution in [0.5, 0.6) is 0 Å². The van der Waals surface area contributed by atoms with Gasteiger partial charge in [0.25, 0.3) is 0 Å². The lowest BCUT2D eigenvalue weighted by atomic mass is 10.5. The summed E-state index contributed by atoms with van der Waals surface area (Å²) in [5, 5.41) is 5.74. The highest BCUT2D eigenvalue weighted by molar-refractivity contribution is 5.33. The number of nitrogens with two attached hydrogens (primary N) is 2. The Hall–Kier alpha value is -1.52. The summed E-state index contributed by atoms with van der Waals surface area (Å²) in [6.45, 7) is 0. The monoisotopic (exact) mass is 126 g/mol. The van der Waals surface area contributed by atoms with Gasteiger partial charge < -0.3 is 11.5 Å². The van der Waals surface area contributed by atoms with E-state index in [0.717, 1.165) is 0 Å². The molecule has 0 saturated heterocycles. The zero-order valence-electron chi connectivity index (χ0n) is 4.59. The number of nitrogen functional groups attached to an aromatic ring is 2. The Bertz CT molecular complexity index is 266. The molecule has 0 unspecified atom stereocenters. The fourth-order valence-corrected chi connectivity index (χ4v) is 0.427. The zero-order chi connectivity index (χ0) is 6.85. The number of nitrogens with one attached hydrogen (secondary N) is 1. The lowest BCUT2D eigenvalue weighted by Gasteiger charge is -1.90. The molecule has 0 atom stereocenters. The van der Waals surface area contributed by atoms with E-state index in [4.69, 9.17) is 11.5 Å². The fourth-order valence-electron chi connectivity index (χ4n) is 0.427. The van der Waals surface area contributed by atoms with Gasteiger partial charge in [0.05, 0.1) is 0 Å². The second kappa shape index (κ2) is 1.77. The summed E-state index contributed by atoms with van der Waals surface area (Å²) in [7, 11) is 0. The summed E-state index contributed by atoms with van der Waals surface area (Å²) in [6.07, 6.45) is 0. The predicted molar refractivity (Wildman–Crippen MR) is 33.7 cm³/mol. The molecule has 0 aromatic carbocycles. The lowest BCUT2D eigenvalue weighted by molar-refractivity contribution is 1.04. The maximum Gasteiger partial charge on any atom is 0.225 e. The van der Waals surface area contributed by atoms with Crippen LogP contribution >= 0.6 is 0 Å². The van der Waals surface area contributed by atoms with Crippen molar-refractivity contribution in [2.75, 3.05) is 11.5 Å². The number of H-pyrrole nitrogens is 1. The summed E-state index contributed by atoms with van der Waals surface area (Å²) in [6, 6.07) is 1.18. The molecule has 48 valence electrons. The summed E-state index contributed by atoms with van der Waals surface area (Å²) >= 11 is 0. The molecule has 1 heterocycles. The third-order valence-corrected chi connectivity index (χ3v) is 0.845. The van der Waals surface area contributed by atoms with Crippen molar-refractivity contribution in [3.8, 4) is 0 Å². The molecule has 0 fully saturated rings. The predicted octanol–water partition coefficient (Wildman–Crippen LogP) is -1.07. The van der Waals surface area contributed by atoms with E-state index in [-0.39, 0.29) is 17.1 Å². The second-order valence-electron chi connectivity index (χ2n) is 1.57. The smallest absolute Gasteiger partial charge is 0.225 e. The molecule has 0 saturated carbocycles. The Morgan fingerprint density at radius 3 is 2.67 bits per heavy atom. The van der Waals surface area contributed by atoms with Crippen molar-refractivity contribution in [1.29, 1.82) is 0 Å². The van der Waals surface area contributed by atoms with Gasteiger partial charge in [-0.25, -0.2) is 0 Å². The molecule has 0 amide bonds. The molecule has 0 bridgehead atoms. The van der Waals surface area contributed by atoms with Gasteiger partial charge in [0.1, 0.15) is 5.82 Å². The molecule has 0 radical (unpaired) electrons. The molecule has 1 rings (SSSR count). The first kappa shape index (κ1) is 5.61. The van der Waals surface area contributed by atoms with Crippen LogP contribution in [0.1, 0.15) is 0 Å². The minimum Gasteiger partial charge on any atom is -0.384 e. The van der Waals surface area contributed by atoms with Crippen molar-refractivity contribution in [2.45, 2.75) is 0 Å². The van der Waals surface area contributed by atoms with Gasteiger partial charge in [-0.2, -0.15) is 5.10 Å². The number of rotatable bonds is 0. The first-order valence-electron chi connectivity index (χ1n) is 2.31. The topological polar surface area (TPSA) is 97.8 Å². The number of hydrogen-bond acceptors (Lipinski definition) is 4. The third-order valence-electron chi connectivity index (χ3n) is 0.845. The molecule has 5 nitrogen and oxygen atoms in total. The molecule has 0 aliphatic heterocycles. The van der Waals surface area contributed by atoms with Gasteiger partial charge in [0, 0.05) is 6.07 Å². The molecular formula is C4H6N4O. The van der Waals surface area contributed by atoms with Gasteiger partial charge >= 0.3 is 0 Å². The number of anilines is 2. The van der Waals surface area contributed by atoms with Crippen LogP contribution in [0.2, 0.25) is 0 Å². The Kier molecular flexibility index (Phi) is 1.11. The van der Waals surface area contributed by atoms with Crippen molar-refractivity contribution in [2.24, 2.45) is 0 Å². The average molecular weight is 126 g/mol. The van der Waals surface area contributed by atoms with Gasteiger partial charge in [-0.3, -0.25) is 9.89 Å². The van der Waals surface area contributed by atoms with Crippen LogP contribution in [0.4, 0.5) is 11.6 Å². The van der Waals surface area contributed by atoms with Crippen molar-refractivity contribution in [1.82, 2.24) is 10.2 Å². The first-order valence-corrected chi connectivity index (χ1v) is 2.31. The van der Waals surface area contributed by atoms with E-state index in [1.807, 2.05) is 0 Å². The van der Waals surface area contributed by atoms with Crippen molar-refractivity contribution in [3.05, 3.63) is 16.3 Å². The van der Waals surface area contributed by atoms with Crippen molar-refractivity contribution >= 4 is 11.6 Å². The Morgan fingerprint density at radius 2 is 2.22 bits per heavy atom. The van der Waals surface area contributed by atoms with Crippen molar-refractivity contribution < 1.29 is 0 Å². The molecule has 0 aliphatic carbocycles. The molecule has 1 aromatic rings.